The fourth-order valence-corrected chi connectivity index (χ4v) is 5.13. The molecule has 3 amide bonds. The van der Waals surface area contributed by atoms with Gasteiger partial charge in [0, 0.05) is 11.8 Å². The first-order valence-electron chi connectivity index (χ1n) is 12.3. The number of hydrogen-bond donors (Lipinski definition) is 5. The van der Waals surface area contributed by atoms with Gasteiger partial charge in [0.2, 0.25) is 11.8 Å². The highest BCUT2D eigenvalue weighted by molar-refractivity contribution is 7.87. The van der Waals surface area contributed by atoms with Gasteiger partial charge in [-0.3, -0.25) is 18.9 Å². The summed E-state index contributed by atoms with van der Waals surface area (Å²) in [6.07, 6.45) is 0.474. The highest BCUT2D eigenvalue weighted by Crippen LogP contribution is 2.24. The first-order chi connectivity index (χ1) is 19.1. The molecule has 0 aliphatic rings. The fourth-order valence-electron chi connectivity index (χ4n) is 3.74. The Morgan fingerprint density at radius 2 is 1.68 bits per heavy atom. The Hall–Kier alpha value is -4.01. The molecular weight excluding hydrogens is 558 g/mol. The number of thiazole rings is 1. The van der Waals surface area contributed by atoms with Crippen LogP contribution in [0.15, 0.2) is 60.0 Å². The van der Waals surface area contributed by atoms with Crippen LogP contribution in [0.1, 0.15) is 34.8 Å². The van der Waals surface area contributed by atoms with E-state index in [2.05, 4.69) is 25.7 Å². The molecule has 2 aromatic carbocycles. The van der Waals surface area contributed by atoms with Crippen molar-refractivity contribution in [2.75, 3.05) is 18.4 Å². The van der Waals surface area contributed by atoms with E-state index in [0.29, 0.717) is 17.8 Å². The van der Waals surface area contributed by atoms with Crippen LogP contribution in [0.4, 0.5) is 10.5 Å². The molecule has 12 nitrogen and oxygen atoms in total. The number of benzene rings is 2. The van der Waals surface area contributed by atoms with Crippen LogP contribution < -0.4 is 20.7 Å². The monoisotopic (exact) mass is 589 g/mol. The average molecular weight is 590 g/mol. The summed E-state index contributed by atoms with van der Waals surface area (Å²) < 4.78 is 37.7. The lowest BCUT2D eigenvalue weighted by Crippen LogP contribution is -2.51. The minimum atomic E-state index is -4.41. The van der Waals surface area contributed by atoms with Gasteiger partial charge in [0.15, 0.2) is 0 Å². The van der Waals surface area contributed by atoms with Crippen molar-refractivity contribution in [3.63, 3.8) is 0 Å². The predicted molar refractivity (Wildman–Crippen MR) is 150 cm³/mol. The number of nitrogens with one attached hydrogen (secondary N) is 4. The van der Waals surface area contributed by atoms with Crippen molar-refractivity contribution in [2.24, 2.45) is 0 Å². The second kappa shape index (κ2) is 14.4. The molecule has 0 radical (unpaired) electrons. The molecule has 0 aliphatic carbocycles. The van der Waals surface area contributed by atoms with E-state index in [1.807, 2.05) is 47.4 Å². The maximum atomic E-state index is 13.6. The Morgan fingerprint density at radius 1 is 1.00 bits per heavy atom. The first-order valence-corrected chi connectivity index (χ1v) is 14.6. The molecule has 1 aromatic heterocycles. The Morgan fingerprint density at radius 3 is 2.27 bits per heavy atom. The molecule has 3 aromatic rings. The normalized spacial score (nSPS) is 12.6. The molecule has 0 spiro atoms. The third-order valence-electron chi connectivity index (χ3n) is 5.70. The number of ether oxygens (including phenoxy) is 1. The van der Waals surface area contributed by atoms with Crippen LogP contribution in [0.25, 0.3) is 0 Å². The number of aromatic nitrogens is 1. The predicted octanol–water partition coefficient (Wildman–Crippen LogP) is 2.40. The number of alkyl carbamates (subject to hydrolysis) is 1. The van der Waals surface area contributed by atoms with Gasteiger partial charge in [0.05, 0.1) is 24.5 Å². The van der Waals surface area contributed by atoms with Crippen LogP contribution in [-0.4, -0.2) is 55.6 Å². The van der Waals surface area contributed by atoms with Crippen molar-refractivity contribution in [1.82, 2.24) is 20.9 Å². The third kappa shape index (κ3) is 9.94. The average Bonchev–Trinajstić information content (AvgIpc) is 3.41. The van der Waals surface area contributed by atoms with Crippen molar-refractivity contribution in [2.45, 2.75) is 38.3 Å². The van der Waals surface area contributed by atoms with Gasteiger partial charge >= 0.3 is 16.4 Å². The van der Waals surface area contributed by atoms with Crippen molar-refractivity contribution in [3.8, 4) is 0 Å². The zero-order valence-corrected chi connectivity index (χ0v) is 23.6. The molecule has 0 saturated heterocycles. The van der Waals surface area contributed by atoms with Crippen molar-refractivity contribution < 1.29 is 32.1 Å². The first kappa shape index (κ1) is 30.5. The summed E-state index contributed by atoms with van der Waals surface area (Å²) in [7, 11) is -3.23. The molecule has 40 heavy (non-hydrogen) atoms. The summed E-state index contributed by atoms with van der Waals surface area (Å²) >= 11 is 1.40. The fraction of sp³-hybridized carbons (Fsp3) is 0.308. The highest BCUT2D eigenvalue weighted by Gasteiger charge is 2.26. The minimum Gasteiger partial charge on any atom is -0.453 e. The van der Waals surface area contributed by atoms with E-state index in [1.54, 1.807) is 12.1 Å². The molecule has 0 fully saturated rings. The van der Waals surface area contributed by atoms with Gasteiger partial charge in [0.25, 0.3) is 0 Å². The summed E-state index contributed by atoms with van der Waals surface area (Å²) in [5.41, 5.74) is 2.64. The van der Waals surface area contributed by atoms with Crippen LogP contribution in [0.2, 0.25) is 0 Å². The summed E-state index contributed by atoms with van der Waals surface area (Å²) in [5.74, 6) is -1.01. The van der Waals surface area contributed by atoms with Gasteiger partial charge in [-0.05, 0) is 36.1 Å². The molecule has 14 heteroatoms. The summed E-state index contributed by atoms with van der Waals surface area (Å²) in [6, 6.07) is 14.0. The van der Waals surface area contributed by atoms with E-state index in [-0.39, 0.29) is 18.7 Å². The van der Waals surface area contributed by atoms with E-state index in [4.69, 9.17) is 4.55 Å². The van der Waals surface area contributed by atoms with E-state index < -0.39 is 40.3 Å². The number of anilines is 1. The van der Waals surface area contributed by atoms with Gasteiger partial charge < -0.3 is 20.7 Å². The lowest BCUT2D eigenvalue weighted by molar-refractivity contribution is -0.129. The number of hydrogen-bond acceptors (Lipinski definition) is 8. The van der Waals surface area contributed by atoms with E-state index in [0.717, 1.165) is 16.8 Å². The van der Waals surface area contributed by atoms with Crippen LogP contribution in [0.3, 0.4) is 0 Å². The Balaban J connectivity index is 1.81. The van der Waals surface area contributed by atoms with Gasteiger partial charge in [0.1, 0.15) is 17.6 Å². The number of rotatable bonds is 13. The molecule has 2 atom stereocenters. The zero-order chi connectivity index (χ0) is 29.1. The second-order valence-corrected chi connectivity index (χ2v) is 10.8. The summed E-state index contributed by atoms with van der Waals surface area (Å²) in [4.78, 5) is 42.1. The highest BCUT2D eigenvalue weighted by atomic mass is 32.2. The second-order valence-electron chi connectivity index (χ2n) is 8.72. The number of methoxy groups -OCH3 is 1. The van der Waals surface area contributed by atoms with Gasteiger partial charge in [-0.2, -0.15) is 8.42 Å². The summed E-state index contributed by atoms with van der Waals surface area (Å²) in [5, 5.41) is 10.6. The molecule has 0 bridgehead atoms. The van der Waals surface area contributed by atoms with Crippen molar-refractivity contribution >= 4 is 45.2 Å². The number of amides is 3. The van der Waals surface area contributed by atoms with Crippen LogP contribution in [-0.2, 0) is 43.9 Å². The van der Waals surface area contributed by atoms with Gasteiger partial charge in [-0.25, -0.2) is 9.78 Å². The molecule has 0 saturated carbocycles. The lowest BCUT2D eigenvalue weighted by Gasteiger charge is -2.23. The van der Waals surface area contributed by atoms with Crippen LogP contribution in [0, 0.1) is 0 Å². The lowest BCUT2D eigenvalue weighted by atomic mass is 10.0. The summed E-state index contributed by atoms with van der Waals surface area (Å²) in [6.45, 7) is 1.60. The third-order valence-corrected chi connectivity index (χ3v) is 7.20. The topological polar surface area (TPSA) is 176 Å². The van der Waals surface area contributed by atoms with Crippen LogP contribution >= 0.6 is 11.3 Å². The molecule has 0 aliphatic heterocycles. The molecule has 3 rings (SSSR count). The van der Waals surface area contributed by atoms with Crippen molar-refractivity contribution in [1.29, 1.82) is 0 Å². The molecule has 1 heterocycles. The molecule has 214 valence electrons. The van der Waals surface area contributed by atoms with E-state index in [9.17, 15) is 22.8 Å². The van der Waals surface area contributed by atoms with Gasteiger partial charge in [-0.15, -0.1) is 11.3 Å². The number of nitrogens with zero attached hydrogens (tertiary/aromatic N) is 1. The Labute approximate surface area is 236 Å². The van der Waals surface area contributed by atoms with Gasteiger partial charge in [-0.1, -0.05) is 49.4 Å². The maximum Gasteiger partial charge on any atom is 0.407 e. The smallest absolute Gasteiger partial charge is 0.407 e. The number of carbonyl (C=O) groups excluding carboxylic acids is 3. The van der Waals surface area contributed by atoms with Crippen LogP contribution in [0.5, 0.6) is 0 Å². The standard InChI is InChI=1S/C26H31N5O7S2/c1-3-19-16-39-25(28-19)22(14-18-9-11-20(12-10-18)31-40(35,36)37)30-24(33)21(13-17-7-5-4-6-8-17)29-23(32)15-27-26(34)38-2/h4-12,16,21-22,31H,3,13-15H2,1-2H3,(H,27,34)(H,29,32)(H,30,33)(H,35,36,37)/t21-,22-/m0/s1. The van der Waals surface area contributed by atoms with E-state index in [1.165, 1.54) is 30.6 Å². The van der Waals surface area contributed by atoms with E-state index >= 15 is 0 Å². The zero-order valence-electron chi connectivity index (χ0n) is 21.9. The quantitative estimate of drug-likeness (QED) is 0.189. The molecular formula is C26H31N5O7S2. The largest absolute Gasteiger partial charge is 0.453 e. The molecule has 0 unspecified atom stereocenters. The minimum absolute atomic E-state index is 0.181. The SMILES string of the molecule is CCc1csc([C@H](Cc2ccc(NS(=O)(=O)O)cc2)NC(=O)[C@H](Cc2ccccc2)NC(=O)CNC(=O)OC)n1. The van der Waals surface area contributed by atoms with Crippen molar-refractivity contribution in [3.05, 3.63) is 81.8 Å². The number of carbonyl (C=O) groups is 3. The number of aryl methyl sites for hydroxylation is 1. The maximum absolute atomic E-state index is 13.6. The molecule has 5 N–H and O–H groups in total. The Kier molecular flexibility index (Phi) is 11.0. The Bertz CT molecular complexity index is 1400.